The van der Waals surface area contributed by atoms with Gasteiger partial charge in [0.1, 0.15) is 5.75 Å². The van der Waals surface area contributed by atoms with Gasteiger partial charge < -0.3 is 14.6 Å². The van der Waals surface area contributed by atoms with Gasteiger partial charge in [-0.25, -0.2) is 4.72 Å². The summed E-state index contributed by atoms with van der Waals surface area (Å²) in [5, 5.41) is 3.96. The van der Waals surface area contributed by atoms with Crippen LogP contribution in [0, 0.1) is 5.41 Å². The fourth-order valence-electron chi connectivity index (χ4n) is 6.96. The van der Waals surface area contributed by atoms with E-state index in [0.717, 1.165) is 57.0 Å². The lowest BCUT2D eigenvalue weighted by Crippen LogP contribution is -2.39. The zero-order valence-corrected chi connectivity index (χ0v) is 24.2. The molecule has 212 valence electrons. The van der Waals surface area contributed by atoms with Gasteiger partial charge in [-0.2, -0.15) is 12.7 Å². The Morgan fingerprint density at radius 2 is 1.82 bits per heavy atom. The molecule has 3 aliphatic rings. The normalized spacial score (nSPS) is 22.2. The van der Waals surface area contributed by atoms with E-state index in [1.165, 1.54) is 38.9 Å². The molecule has 0 saturated heterocycles. The molecule has 2 amide bonds. The number of carbonyl (C=O) groups excluding carboxylic acids is 2. The molecule has 2 atom stereocenters. The lowest BCUT2D eigenvalue weighted by molar-refractivity contribution is -0.126. The number of aromatic nitrogens is 1. The Kier molecular flexibility index (Phi) is 6.46. The predicted molar refractivity (Wildman–Crippen MR) is 154 cm³/mol. The van der Waals surface area contributed by atoms with E-state index in [2.05, 4.69) is 26.7 Å². The average molecular weight is 565 g/mol. The van der Waals surface area contributed by atoms with Gasteiger partial charge in [0, 0.05) is 55.6 Å². The van der Waals surface area contributed by atoms with Crippen LogP contribution in [0.15, 0.2) is 36.4 Å². The highest BCUT2D eigenvalue weighted by Gasteiger charge is 2.62. The highest BCUT2D eigenvalue weighted by atomic mass is 32.2. The van der Waals surface area contributed by atoms with Gasteiger partial charge in [-0.1, -0.05) is 25.3 Å². The van der Waals surface area contributed by atoms with Gasteiger partial charge >= 0.3 is 10.2 Å². The van der Waals surface area contributed by atoms with E-state index >= 15 is 0 Å². The number of rotatable bonds is 6. The minimum atomic E-state index is -3.94. The maximum absolute atomic E-state index is 13.4. The summed E-state index contributed by atoms with van der Waals surface area (Å²) in [6, 6.07) is 11.6. The molecule has 40 heavy (non-hydrogen) atoms. The molecule has 9 nitrogen and oxygen atoms in total. The Balaban J connectivity index is 1.60. The van der Waals surface area contributed by atoms with Crippen LogP contribution in [0.25, 0.3) is 22.2 Å². The van der Waals surface area contributed by atoms with Crippen LogP contribution < -0.4 is 14.8 Å². The minimum Gasteiger partial charge on any atom is -0.497 e. The molecular formula is C30H36N4O5S. The molecule has 0 spiro atoms. The van der Waals surface area contributed by atoms with Gasteiger partial charge in [0.2, 0.25) is 5.91 Å². The zero-order chi connectivity index (χ0) is 28.4. The third-order valence-electron chi connectivity index (χ3n) is 9.17. The standard InChI is InChI=1S/C30H36N4O5S/c1-31-29(36)30-16-24(30)23-15-20(39-4)11-13-21(23)27-26(18-8-6-5-7-9-18)22-12-10-19(14-25(22)34(27)17-30)28(35)32-40(37,38)33(2)3/h10-15,18,24H,5-9,16-17H2,1-4H3,(H,31,36)(H,32,35). The molecule has 2 fully saturated rings. The summed E-state index contributed by atoms with van der Waals surface area (Å²) in [4.78, 5) is 26.5. The average Bonchev–Trinajstić information content (AvgIpc) is 3.62. The lowest BCUT2D eigenvalue weighted by atomic mass is 9.81. The highest BCUT2D eigenvalue weighted by molar-refractivity contribution is 7.87. The Morgan fingerprint density at radius 3 is 2.50 bits per heavy atom. The van der Waals surface area contributed by atoms with E-state index in [-0.39, 0.29) is 17.4 Å². The molecule has 10 heteroatoms. The summed E-state index contributed by atoms with van der Waals surface area (Å²) in [5.41, 5.74) is 5.10. The van der Waals surface area contributed by atoms with E-state index in [4.69, 9.17) is 4.74 Å². The molecule has 1 aromatic heterocycles. The molecule has 0 radical (unpaired) electrons. The summed E-state index contributed by atoms with van der Waals surface area (Å²) in [6.07, 6.45) is 6.46. The number of carbonyl (C=O) groups is 2. The van der Waals surface area contributed by atoms with Crippen LogP contribution in [0.4, 0.5) is 0 Å². The van der Waals surface area contributed by atoms with Crippen molar-refractivity contribution in [2.75, 3.05) is 28.3 Å². The molecule has 2 aliphatic carbocycles. The SMILES string of the molecule is CNC(=O)C12CC1c1cc(OC)ccc1-c1c(C3CCCCC3)c3ccc(C(=O)NS(=O)(=O)N(C)C)cc3n1C2. The summed E-state index contributed by atoms with van der Waals surface area (Å²) in [6.45, 7) is 0.480. The van der Waals surface area contributed by atoms with Crippen LogP contribution in [0.5, 0.6) is 5.75 Å². The van der Waals surface area contributed by atoms with Crippen molar-refractivity contribution < 1.29 is 22.7 Å². The first-order chi connectivity index (χ1) is 19.1. The summed E-state index contributed by atoms with van der Waals surface area (Å²) < 4.78 is 35.7. The molecule has 0 bridgehead atoms. The number of nitrogens with zero attached hydrogens (tertiary/aromatic N) is 2. The number of hydrogen-bond donors (Lipinski definition) is 2. The van der Waals surface area contributed by atoms with Gasteiger partial charge in [-0.3, -0.25) is 9.59 Å². The Bertz CT molecular complexity index is 1640. The largest absolute Gasteiger partial charge is 0.497 e. The summed E-state index contributed by atoms with van der Waals surface area (Å²) in [5.74, 6) is 0.506. The van der Waals surface area contributed by atoms with Crippen LogP contribution in [0.2, 0.25) is 0 Å². The van der Waals surface area contributed by atoms with Crippen molar-refractivity contribution in [2.24, 2.45) is 5.41 Å². The Labute approximate surface area is 235 Å². The first kappa shape index (κ1) is 26.8. The van der Waals surface area contributed by atoms with Crippen molar-refractivity contribution in [3.05, 3.63) is 53.1 Å². The lowest BCUT2D eigenvalue weighted by Gasteiger charge is -2.24. The minimum absolute atomic E-state index is 0.00570. The smallest absolute Gasteiger partial charge is 0.303 e. The molecule has 2 saturated carbocycles. The molecule has 2 N–H and O–H groups in total. The molecule has 1 aliphatic heterocycles. The van der Waals surface area contributed by atoms with Crippen molar-refractivity contribution in [3.8, 4) is 17.0 Å². The van der Waals surface area contributed by atoms with Gasteiger partial charge in [0.25, 0.3) is 5.91 Å². The number of hydrogen-bond acceptors (Lipinski definition) is 5. The van der Waals surface area contributed by atoms with E-state index in [1.54, 1.807) is 26.3 Å². The summed E-state index contributed by atoms with van der Waals surface area (Å²) in [7, 11) is 2.14. The number of benzene rings is 2. The second-order valence-electron chi connectivity index (χ2n) is 11.6. The molecule has 2 unspecified atom stereocenters. The second kappa shape index (κ2) is 9.62. The summed E-state index contributed by atoms with van der Waals surface area (Å²) >= 11 is 0. The third-order valence-corrected chi connectivity index (χ3v) is 10.6. The third kappa shape index (κ3) is 4.11. The fraction of sp³-hybridized carbons (Fsp3) is 0.467. The molecule has 3 aromatic rings. The Morgan fingerprint density at radius 1 is 1.07 bits per heavy atom. The van der Waals surface area contributed by atoms with Crippen molar-refractivity contribution in [1.29, 1.82) is 0 Å². The van der Waals surface area contributed by atoms with Crippen molar-refractivity contribution in [2.45, 2.75) is 56.9 Å². The van der Waals surface area contributed by atoms with E-state index in [9.17, 15) is 18.0 Å². The van der Waals surface area contributed by atoms with Gasteiger partial charge in [-0.05, 0) is 66.6 Å². The number of methoxy groups -OCH3 is 1. The highest BCUT2D eigenvalue weighted by Crippen LogP contribution is 2.65. The van der Waals surface area contributed by atoms with Crippen molar-refractivity contribution in [1.82, 2.24) is 18.9 Å². The van der Waals surface area contributed by atoms with Gasteiger partial charge in [-0.15, -0.1) is 0 Å². The quantitative estimate of drug-likeness (QED) is 0.468. The first-order valence-corrected chi connectivity index (χ1v) is 15.4. The number of nitrogens with one attached hydrogen (secondary N) is 2. The monoisotopic (exact) mass is 564 g/mol. The van der Waals surface area contributed by atoms with E-state index in [1.807, 2.05) is 12.1 Å². The Hall–Kier alpha value is -3.37. The van der Waals surface area contributed by atoms with E-state index in [0.29, 0.717) is 12.5 Å². The van der Waals surface area contributed by atoms with Crippen LogP contribution in [0.1, 0.15) is 71.8 Å². The second-order valence-corrected chi connectivity index (χ2v) is 13.5. The molecule has 2 aromatic carbocycles. The maximum Gasteiger partial charge on any atom is 0.303 e. The fourth-order valence-corrected chi connectivity index (χ4v) is 7.49. The van der Waals surface area contributed by atoms with Crippen LogP contribution in [0.3, 0.4) is 0 Å². The van der Waals surface area contributed by atoms with Crippen LogP contribution in [-0.4, -0.2) is 57.4 Å². The number of fused-ring (bicyclic) bond motifs is 7. The predicted octanol–water partition coefficient (Wildman–Crippen LogP) is 4.13. The number of amides is 2. The zero-order valence-electron chi connectivity index (χ0n) is 23.4. The van der Waals surface area contributed by atoms with Crippen LogP contribution in [-0.2, 0) is 21.5 Å². The number of ether oxygens (including phenoxy) is 1. The topological polar surface area (TPSA) is 110 Å². The maximum atomic E-state index is 13.4. The van der Waals surface area contributed by atoms with Gasteiger partial charge in [0.15, 0.2) is 0 Å². The van der Waals surface area contributed by atoms with Gasteiger partial charge in [0.05, 0.1) is 18.2 Å². The van der Waals surface area contributed by atoms with E-state index < -0.39 is 21.5 Å². The van der Waals surface area contributed by atoms with Crippen molar-refractivity contribution in [3.63, 3.8) is 0 Å². The molecule has 6 rings (SSSR count). The first-order valence-electron chi connectivity index (χ1n) is 13.9. The van der Waals surface area contributed by atoms with Crippen molar-refractivity contribution >= 4 is 32.9 Å². The molecule has 2 heterocycles. The molecular weight excluding hydrogens is 528 g/mol. The van der Waals surface area contributed by atoms with Crippen LogP contribution >= 0.6 is 0 Å².